The van der Waals surface area contributed by atoms with Crippen LogP contribution in [0.5, 0.6) is 0 Å². The zero-order chi connectivity index (χ0) is 20.2. The van der Waals surface area contributed by atoms with Gasteiger partial charge in [0.15, 0.2) is 0 Å². The summed E-state index contributed by atoms with van der Waals surface area (Å²) in [4.78, 5) is 16.3. The highest BCUT2D eigenvalue weighted by molar-refractivity contribution is 5.69. The molecule has 0 heterocycles. The maximum atomic E-state index is 11.3. The fourth-order valence-corrected chi connectivity index (χ4v) is 3.34. The third-order valence-corrected chi connectivity index (χ3v) is 5.10. The number of rotatable bonds is 20. The molecule has 0 radical (unpaired) electrons. The van der Waals surface area contributed by atoms with Crippen molar-refractivity contribution in [3.63, 3.8) is 0 Å². The van der Waals surface area contributed by atoms with E-state index in [1.165, 1.54) is 83.8 Å². The largest absolute Gasteiger partial charge is 0.466 e. The summed E-state index contributed by atoms with van der Waals surface area (Å²) in [6.07, 6.45) is 16.2. The number of nitrogens with zero attached hydrogens (tertiary/aromatic N) is 2. The van der Waals surface area contributed by atoms with E-state index in [4.69, 9.17) is 4.74 Å². The number of ether oxygens (including phenoxy) is 1. The van der Waals surface area contributed by atoms with E-state index in [9.17, 15) is 4.79 Å². The zero-order valence-electron chi connectivity index (χ0n) is 18.9. The van der Waals surface area contributed by atoms with Crippen molar-refractivity contribution in [2.75, 3.05) is 46.9 Å². The SMILES string of the molecule is CCCCCCCCCN(CCCCCCCC(=O)OCC)CCN(C)C. The minimum absolute atomic E-state index is 0.0398. The molecule has 0 saturated carbocycles. The summed E-state index contributed by atoms with van der Waals surface area (Å²) >= 11 is 0. The molecule has 0 spiro atoms. The van der Waals surface area contributed by atoms with Crippen molar-refractivity contribution < 1.29 is 9.53 Å². The van der Waals surface area contributed by atoms with Gasteiger partial charge in [0, 0.05) is 19.5 Å². The van der Waals surface area contributed by atoms with Crippen molar-refractivity contribution in [2.24, 2.45) is 0 Å². The molecule has 0 amide bonds. The average Bonchev–Trinajstić information content (AvgIpc) is 2.63. The first-order valence-corrected chi connectivity index (χ1v) is 11.6. The number of hydrogen-bond acceptors (Lipinski definition) is 4. The van der Waals surface area contributed by atoms with Crippen molar-refractivity contribution in [3.05, 3.63) is 0 Å². The molecule has 27 heavy (non-hydrogen) atoms. The fraction of sp³-hybridized carbons (Fsp3) is 0.957. The van der Waals surface area contributed by atoms with E-state index in [-0.39, 0.29) is 5.97 Å². The molecule has 0 fully saturated rings. The second-order valence-electron chi connectivity index (χ2n) is 8.09. The second-order valence-corrected chi connectivity index (χ2v) is 8.09. The highest BCUT2D eigenvalue weighted by atomic mass is 16.5. The number of carbonyl (C=O) groups is 1. The minimum Gasteiger partial charge on any atom is -0.466 e. The number of hydrogen-bond donors (Lipinski definition) is 0. The van der Waals surface area contributed by atoms with E-state index in [0.29, 0.717) is 13.0 Å². The van der Waals surface area contributed by atoms with Crippen LogP contribution in [0.15, 0.2) is 0 Å². The molecule has 0 rings (SSSR count). The van der Waals surface area contributed by atoms with Crippen LogP contribution >= 0.6 is 0 Å². The Kier molecular flexibility index (Phi) is 19.7. The molecule has 0 atom stereocenters. The highest BCUT2D eigenvalue weighted by Crippen LogP contribution is 2.10. The molecule has 0 aromatic heterocycles. The minimum atomic E-state index is -0.0398. The predicted molar refractivity (Wildman–Crippen MR) is 117 cm³/mol. The molecule has 4 heteroatoms. The maximum absolute atomic E-state index is 11.3. The Bertz CT molecular complexity index is 322. The summed E-state index contributed by atoms with van der Waals surface area (Å²) in [5, 5.41) is 0. The standard InChI is InChI=1S/C23H48N2O2/c1-5-7-8-9-10-13-16-19-25(22-21-24(3)4)20-17-14-11-12-15-18-23(26)27-6-2/h5-22H2,1-4H3. The summed E-state index contributed by atoms with van der Waals surface area (Å²) in [5.74, 6) is -0.0398. The van der Waals surface area contributed by atoms with Gasteiger partial charge in [-0.05, 0) is 53.4 Å². The summed E-state index contributed by atoms with van der Waals surface area (Å²) in [7, 11) is 4.32. The van der Waals surface area contributed by atoms with Gasteiger partial charge in [0.2, 0.25) is 0 Å². The van der Waals surface area contributed by atoms with Crippen LogP contribution in [0.3, 0.4) is 0 Å². The van der Waals surface area contributed by atoms with Crippen LogP contribution in [0.4, 0.5) is 0 Å². The first kappa shape index (κ1) is 26.4. The van der Waals surface area contributed by atoms with E-state index in [1.807, 2.05) is 6.92 Å². The highest BCUT2D eigenvalue weighted by Gasteiger charge is 2.06. The number of likely N-dealkylation sites (N-methyl/N-ethyl adjacent to an activating group) is 1. The van der Waals surface area contributed by atoms with Gasteiger partial charge in [0.05, 0.1) is 6.61 Å². The molecule has 0 N–H and O–H groups in total. The summed E-state index contributed by atoms with van der Waals surface area (Å²) in [6.45, 7) is 9.46. The molecule has 0 aromatic rings. The van der Waals surface area contributed by atoms with E-state index in [1.54, 1.807) is 0 Å². The van der Waals surface area contributed by atoms with Crippen LogP contribution in [-0.4, -0.2) is 62.7 Å². The first-order chi connectivity index (χ1) is 13.1. The van der Waals surface area contributed by atoms with E-state index in [2.05, 4.69) is 30.8 Å². The second kappa shape index (κ2) is 20.1. The summed E-state index contributed by atoms with van der Waals surface area (Å²) in [6, 6.07) is 0. The molecule has 4 nitrogen and oxygen atoms in total. The van der Waals surface area contributed by atoms with Crippen LogP contribution in [-0.2, 0) is 9.53 Å². The van der Waals surface area contributed by atoms with Crippen molar-refractivity contribution in [3.8, 4) is 0 Å². The van der Waals surface area contributed by atoms with E-state index < -0.39 is 0 Å². The third kappa shape index (κ3) is 19.9. The van der Waals surface area contributed by atoms with Gasteiger partial charge in [-0.25, -0.2) is 0 Å². The average molecular weight is 385 g/mol. The van der Waals surface area contributed by atoms with Gasteiger partial charge >= 0.3 is 5.97 Å². The van der Waals surface area contributed by atoms with Gasteiger partial charge < -0.3 is 14.5 Å². The lowest BCUT2D eigenvalue weighted by Gasteiger charge is -2.24. The molecule has 0 aromatic carbocycles. The van der Waals surface area contributed by atoms with Gasteiger partial charge in [-0.3, -0.25) is 4.79 Å². The maximum Gasteiger partial charge on any atom is 0.305 e. The van der Waals surface area contributed by atoms with Crippen LogP contribution < -0.4 is 0 Å². The molecule has 0 unspecified atom stereocenters. The van der Waals surface area contributed by atoms with Crippen LogP contribution in [0.25, 0.3) is 0 Å². The number of unbranched alkanes of at least 4 members (excludes halogenated alkanes) is 10. The van der Waals surface area contributed by atoms with Crippen LogP contribution in [0.2, 0.25) is 0 Å². The molecule has 162 valence electrons. The van der Waals surface area contributed by atoms with Crippen molar-refractivity contribution >= 4 is 5.97 Å². The fourth-order valence-electron chi connectivity index (χ4n) is 3.34. The van der Waals surface area contributed by atoms with Gasteiger partial charge in [-0.2, -0.15) is 0 Å². The lowest BCUT2D eigenvalue weighted by molar-refractivity contribution is -0.143. The van der Waals surface area contributed by atoms with Crippen molar-refractivity contribution in [1.82, 2.24) is 9.80 Å². The van der Waals surface area contributed by atoms with Crippen LogP contribution in [0.1, 0.15) is 97.3 Å². The van der Waals surface area contributed by atoms with Gasteiger partial charge in [0.25, 0.3) is 0 Å². The van der Waals surface area contributed by atoms with Gasteiger partial charge in [-0.15, -0.1) is 0 Å². The zero-order valence-corrected chi connectivity index (χ0v) is 18.9. The molecule has 0 aliphatic heterocycles. The Hall–Kier alpha value is -0.610. The van der Waals surface area contributed by atoms with E-state index in [0.717, 1.165) is 19.4 Å². The molecule has 0 aliphatic rings. The first-order valence-electron chi connectivity index (χ1n) is 11.6. The lowest BCUT2D eigenvalue weighted by Crippen LogP contribution is -2.33. The third-order valence-electron chi connectivity index (χ3n) is 5.10. The van der Waals surface area contributed by atoms with Crippen molar-refractivity contribution in [1.29, 1.82) is 0 Å². The van der Waals surface area contributed by atoms with Gasteiger partial charge in [0.1, 0.15) is 0 Å². The monoisotopic (exact) mass is 384 g/mol. The van der Waals surface area contributed by atoms with Crippen LogP contribution in [0, 0.1) is 0 Å². The summed E-state index contributed by atoms with van der Waals surface area (Å²) < 4.78 is 4.97. The molecule has 0 aliphatic carbocycles. The van der Waals surface area contributed by atoms with Gasteiger partial charge in [-0.1, -0.05) is 64.7 Å². The number of esters is 1. The topological polar surface area (TPSA) is 32.8 Å². The normalized spacial score (nSPS) is 11.5. The smallest absolute Gasteiger partial charge is 0.305 e. The Labute approximate surface area is 170 Å². The molecule has 0 bridgehead atoms. The van der Waals surface area contributed by atoms with E-state index >= 15 is 0 Å². The van der Waals surface area contributed by atoms with Crippen molar-refractivity contribution in [2.45, 2.75) is 97.3 Å². The Morgan fingerprint density at radius 3 is 1.70 bits per heavy atom. The Balaban J connectivity index is 3.74. The predicted octanol–water partition coefficient (Wildman–Crippen LogP) is 5.50. The molecule has 0 saturated heterocycles. The summed E-state index contributed by atoms with van der Waals surface area (Å²) in [5.41, 5.74) is 0. The molecular weight excluding hydrogens is 336 g/mol. The lowest BCUT2D eigenvalue weighted by atomic mass is 10.1. The quantitative estimate of drug-likeness (QED) is 0.205. The Morgan fingerprint density at radius 1 is 0.667 bits per heavy atom. The Morgan fingerprint density at radius 2 is 1.19 bits per heavy atom. The number of carbonyl (C=O) groups excluding carboxylic acids is 1. The molecular formula is C23H48N2O2.